The third-order valence-electron chi connectivity index (χ3n) is 3.83. The van der Waals surface area contributed by atoms with Crippen LogP contribution in [0.4, 0.5) is 5.82 Å². The molecule has 2 aromatic heterocycles. The third-order valence-corrected chi connectivity index (χ3v) is 3.83. The summed E-state index contributed by atoms with van der Waals surface area (Å²) in [6.07, 6.45) is 6.47. The Morgan fingerprint density at radius 2 is 2.25 bits per heavy atom. The lowest BCUT2D eigenvalue weighted by Crippen LogP contribution is -2.16. The maximum absolute atomic E-state index is 12.1. The number of anilines is 1. The Morgan fingerprint density at radius 1 is 1.40 bits per heavy atom. The standard InChI is InChI=1S/C14H16N4O2/c19-14(11-7-12(20-17-11)10-3-4-10)16-13-5-6-15-18(13)8-9-1-2-9/h5-7,9-10H,1-4,8H2,(H,16,19). The molecule has 2 heterocycles. The Kier molecular flexibility index (Phi) is 2.61. The summed E-state index contributed by atoms with van der Waals surface area (Å²) < 4.78 is 7.05. The van der Waals surface area contributed by atoms with Crippen molar-refractivity contribution in [3.8, 4) is 0 Å². The van der Waals surface area contributed by atoms with Gasteiger partial charge in [0.1, 0.15) is 11.6 Å². The summed E-state index contributed by atoms with van der Waals surface area (Å²) in [7, 11) is 0. The van der Waals surface area contributed by atoms with Gasteiger partial charge in [-0.05, 0) is 31.6 Å². The minimum atomic E-state index is -0.238. The van der Waals surface area contributed by atoms with E-state index in [1.54, 1.807) is 12.3 Å². The van der Waals surface area contributed by atoms with E-state index < -0.39 is 0 Å². The van der Waals surface area contributed by atoms with Crippen molar-refractivity contribution in [3.05, 3.63) is 29.8 Å². The van der Waals surface area contributed by atoms with Crippen LogP contribution in [0.2, 0.25) is 0 Å². The van der Waals surface area contributed by atoms with Gasteiger partial charge in [-0.25, -0.2) is 4.68 Å². The second kappa shape index (κ2) is 4.47. The fourth-order valence-electron chi connectivity index (χ4n) is 2.27. The van der Waals surface area contributed by atoms with Gasteiger partial charge in [-0.15, -0.1) is 0 Å². The molecule has 6 heteroatoms. The van der Waals surface area contributed by atoms with E-state index in [9.17, 15) is 4.79 Å². The van der Waals surface area contributed by atoms with Gasteiger partial charge in [0, 0.05) is 24.6 Å². The first-order valence-corrected chi connectivity index (χ1v) is 7.09. The molecule has 1 N–H and O–H groups in total. The van der Waals surface area contributed by atoms with Crippen LogP contribution >= 0.6 is 0 Å². The van der Waals surface area contributed by atoms with Gasteiger partial charge in [0.05, 0.1) is 6.20 Å². The van der Waals surface area contributed by atoms with E-state index in [0.717, 1.165) is 31.0 Å². The molecule has 2 fully saturated rings. The summed E-state index contributed by atoms with van der Waals surface area (Å²) in [6, 6.07) is 3.55. The van der Waals surface area contributed by atoms with E-state index in [1.165, 1.54) is 12.8 Å². The van der Waals surface area contributed by atoms with Crippen LogP contribution in [0.25, 0.3) is 0 Å². The topological polar surface area (TPSA) is 73.0 Å². The highest BCUT2D eigenvalue weighted by Gasteiger charge is 2.29. The third kappa shape index (κ3) is 2.33. The van der Waals surface area contributed by atoms with Crippen LogP contribution in [-0.4, -0.2) is 20.8 Å². The zero-order valence-electron chi connectivity index (χ0n) is 11.1. The molecule has 2 saturated carbocycles. The number of hydrogen-bond donors (Lipinski definition) is 1. The zero-order chi connectivity index (χ0) is 13.5. The van der Waals surface area contributed by atoms with E-state index in [4.69, 9.17) is 4.52 Å². The molecule has 104 valence electrons. The van der Waals surface area contributed by atoms with Gasteiger partial charge in [-0.3, -0.25) is 4.79 Å². The van der Waals surface area contributed by atoms with E-state index >= 15 is 0 Å². The van der Waals surface area contributed by atoms with Crippen molar-refractivity contribution < 1.29 is 9.32 Å². The number of carbonyl (C=O) groups excluding carboxylic acids is 1. The summed E-state index contributed by atoms with van der Waals surface area (Å²) >= 11 is 0. The number of hydrogen-bond acceptors (Lipinski definition) is 4. The highest BCUT2D eigenvalue weighted by atomic mass is 16.5. The highest BCUT2D eigenvalue weighted by molar-refractivity contribution is 6.02. The molecule has 0 saturated heterocycles. The molecule has 0 aliphatic heterocycles. The normalized spacial score (nSPS) is 18.2. The summed E-state index contributed by atoms with van der Waals surface area (Å²) in [4.78, 5) is 12.1. The number of aromatic nitrogens is 3. The fraction of sp³-hybridized carbons (Fsp3) is 0.500. The first-order valence-electron chi connectivity index (χ1n) is 7.09. The summed E-state index contributed by atoms with van der Waals surface area (Å²) in [5.41, 5.74) is 0.339. The van der Waals surface area contributed by atoms with Gasteiger partial charge in [0.15, 0.2) is 5.69 Å². The Bertz CT molecular complexity index is 637. The SMILES string of the molecule is O=C(Nc1ccnn1CC1CC1)c1cc(C2CC2)on1. The largest absolute Gasteiger partial charge is 0.360 e. The predicted octanol–water partition coefficient (Wildman–Crippen LogP) is 2.41. The van der Waals surface area contributed by atoms with Crippen LogP contribution in [0.15, 0.2) is 22.9 Å². The van der Waals surface area contributed by atoms with Crippen molar-refractivity contribution in [1.82, 2.24) is 14.9 Å². The van der Waals surface area contributed by atoms with Crippen LogP contribution in [0.1, 0.15) is 47.8 Å². The van der Waals surface area contributed by atoms with Gasteiger partial charge < -0.3 is 9.84 Å². The molecule has 0 bridgehead atoms. The second-order valence-corrected chi connectivity index (χ2v) is 5.68. The number of nitrogens with one attached hydrogen (secondary N) is 1. The molecule has 2 aliphatic rings. The molecule has 1 amide bonds. The lowest BCUT2D eigenvalue weighted by molar-refractivity contribution is 0.101. The molecule has 2 aromatic rings. The van der Waals surface area contributed by atoms with Crippen molar-refractivity contribution in [2.24, 2.45) is 5.92 Å². The average molecular weight is 272 g/mol. The van der Waals surface area contributed by atoms with Crippen LogP contribution in [-0.2, 0) is 6.54 Å². The van der Waals surface area contributed by atoms with Crippen LogP contribution in [0.5, 0.6) is 0 Å². The van der Waals surface area contributed by atoms with Gasteiger partial charge in [0.25, 0.3) is 5.91 Å². The maximum atomic E-state index is 12.1. The molecule has 2 aliphatic carbocycles. The lowest BCUT2D eigenvalue weighted by Gasteiger charge is -2.06. The van der Waals surface area contributed by atoms with Crippen molar-refractivity contribution in [2.75, 3.05) is 5.32 Å². The first kappa shape index (κ1) is 11.7. The van der Waals surface area contributed by atoms with E-state index in [2.05, 4.69) is 15.6 Å². The Balaban J connectivity index is 1.46. The van der Waals surface area contributed by atoms with Crippen LogP contribution < -0.4 is 5.32 Å². The highest BCUT2D eigenvalue weighted by Crippen LogP contribution is 2.40. The molecule has 0 aromatic carbocycles. The van der Waals surface area contributed by atoms with E-state index in [-0.39, 0.29) is 5.91 Å². The van der Waals surface area contributed by atoms with Gasteiger partial charge >= 0.3 is 0 Å². The Labute approximate surface area is 116 Å². The fourth-order valence-corrected chi connectivity index (χ4v) is 2.27. The minimum absolute atomic E-state index is 0.238. The average Bonchev–Trinajstić information content (AvgIpc) is 3.35. The smallest absolute Gasteiger partial charge is 0.278 e. The summed E-state index contributed by atoms with van der Waals surface area (Å²) in [5, 5.41) is 10.9. The maximum Gasteiger partial charge on any atom is 0.278 e. The Hall–Kier alpha value is -2.11. The van der Waals surface area contributed by atoms with Gasteiger partial charge in [0.2, 0.25) is 0 Å². The number of rotatable bonds is 5. The lowest BCUT2D eigenvalue weighted by atomic mass is 10.3. The van der Waals surface area contributed by atoms with E-state index in [1.807, 2.05) is 10.7 Å². The van der Waals surface area contributed by atoms with Gasteiger partial charge in [-0.1, -0.05) is 5.16 Å². The van der Waals surface area contributed by atoms with E-state index in [0.29, 0.717) is 17.5 Å². The summed E-state index contributed by atoms with van der Waals surface area (Å²) in [6.45, 7) is 0.870. The molecule has 0 unspecified atom stereocenters. The molecular formula is C14H16N4O2. The quantitative estimate of drug-likeness (QED) is 0.907. The second-order valence-electron chi connectivity index (χ2n) is 5.68. The van der Waals surface area contributed by atoms with Crippen molar-refractivity contribution in [3.63, 3.8) is 0 Å². The van der Waals surface area contributed by atoms with Crippen LogP contribution in [0, 0.1) is 5.92 Å². The molecule has 4 rings (SSSR count). The van der Waals surface area contributed by atoms with Crippen molar-refractivity contribution in [1.29, 1.82) is 0 Å². The zero-order valence-corrected chi connectivity index (χ0v) is 11.1. The monoisotopic (exact) mass is 272 g/mol. The first-order chi connectivity index (χ1) is 9.79. The van der Waals surface area contributed by atoms with Crippen molar-refractivity contribution >= 4 is 11.7 Å². The number of amides is 1. The predicted molar refractivity (Wildman–Crippen MR) is 71.4 cm³/mol. The minimum Gasteiger partial charge on any atom is -0.360 e. The van der Waals surface area contributed by atoms with Gasteiger partial charge in [-0.2, -0.15) is 5.10 Å². The molecule has 0 spiro atoms. The van der Waals surface area contributed by atoms with Crippen molar-refractivity contribution in [2.45, 2.75) is 38.1 Å². The number of carbonyl (C=O) groups is 1. The molecule has 20 heavy (non-hydrogen) atoms. The Morgan fingerprint density at radius 3 is 3.00 bits per heavy atom. The molecule has 0 atom stereocenters. The molecule has 0 radical (unpaired) electrons. The number of nitrogens with zero attached hydrogens (tertiary/aromatic N) is 3. The molecule has 6 nitrogen and oxygen atoms in total. The summed E-state index contributed by atoms with van der Waals surface area (Å²) in [5.74, 6) is 2.47. The van der Waals surface area contributed by atoms with Crippen LogP contribution in [0.3, 0.4) is 0 Å². The molecular weight excluding hydrogens is 256 g/mol.